The maximum atomic E-state index is 13.3. The molecule has 2 nitrogen and oxygen atoms in total. The molecule has 0 saturated carbocycles. The molecule has 0 aliphatic carbocycles. The Kier molecular flexibility index (Phi) is 2.77. The summed E-state index contributed by atoms with van der Waals surface area (Å²) in [5.74, 6) is -7.24. The van der Waals surface area contributed by atoms with Gasteiger partial charge in [-0.1, -0.05) is 0 Å². The summed E-state index contributed by atoms with van der Waals surface area (Å²) in [6.45, 7) is 2.70. The largest absolute Gasteiger partial charge is 0.482 e. The van der Waals surface area contributed by atoms with Crippen LogP contribution in [0.4, 0.5) is 17.6 Å². The maximum Gasteiger partial charge on any atom is 0.203 e. The number of nitrogens with zero attached hydrogens (tertiary/aromatic N) is 1. The first kappa shape index (κ1) is 12.2. The van der Waals surface area contributed by atoms with Crippen molar-refractivity contribution in [3.05, 3.63) is 29.3 Å². The van der Waals surface area contributed by atoms with E-state index in [1.807, 2.05) is 11.9 Å². The Balaban J connectivity index is 2.28. The Hall–Kier alpha value is -1.30. The zero-order chi connectivity index (χ0) is 12.8. The van der Waals surface area contributed by atoms with Crippen molar-refractivity contribution in [3.63, 3.8) is 0 Å². The van der Waals surface area contributed by atoms with E-state index in [9.17, 15) is 17.6 Å². The van der Waals surface area contributed by atoms with Gasteiger partial charge in [-0.25, -0.2) is 13.2 Å². The molecule has 1 fully saturated rings. The van der Waals surface area contributed by atoms with Gasteiger partial charge in [0.05, 0.1) is 0 Å². The lowest BCUT2D eigenvalue weighted by Crippen LogP contribution is -2.61. The second-order valence-electron chi connectivity index (χ2n) is 4.52. The fourth-order valence-electron chi connectivity index (χ4n) is 2.05. The summed E-state index contributed by atoms with van der Waals surface area (Å²) in [6.07, 6.45) is 0. The molecule has 0 atom stereocenters. The summed E-state index contributed by atoms with van der Waals surface area (Å²) in [7, 11) is 1.83. The summed E-state index contributed by atoms with van der Waals surface area (Å²) in [6, 6.07) is 0.525. The van der Waals surface area contributed by atoms with Gasteiger partial charge in [-0.2, -0.15) is 4.39 Å². The first-order valence-electron chi connectivity index (χ1n) is 5.03. The van der Waals surface area contributed by atoms with Gasteiger partial charge in [0.1, 0.15) is 5.60 Å². The predicted octanol–water partition coefficient (Wildman–Crippen LogP) is 2.33. The van der Waals surface area contributed by atoms with E-state index in [1.165, 1.54) is 0 Å². The molecule has 1 aliphatic rings. The highest BCUT2D eigenvalue weighted by Gasteiger charge is 2.39. The summed E-state index contributed by atoms with van der Waals surface area (Å²) in [4.78, 5) is 1.90. The number of likely N-dealkylation sites (N-methyl/N-ethyl adjacent to an activating group) is 1. The monoisotopic (exact) mass is 249 g/mol. The van der Waals surface area contributed by atoms with Crippen LogP contribution in [-0.4, -0.2) is 30.6 Å². The van der Waals surface area contributed by atoms with Gasteiger partial charge in [-0.3, -0.25) is 4.90 Å². The molecule has 1 aliphatic heterocycles. The molecule has 0 N–H and O–H groups in total. The van der Waals surface area contributed by atoms with Crippen LogP contribution in [0.15, 0.2) is 6.07 Å². The number of rotatable bonds is 2. The molecule has 1 saturated heterocycles. The SMILES string of the molecule is CN1CC(C)(Oc2cc(F)c(F)c(F)c2F)C1. The van der Waals surface area contributed by atoms with Crippen LogP contribution in [0, 0.1) is 23.3 Å². The third-order valence-electron chi connectivity index (χ3n) is 2.63. The van der Waals surface area contributed by atoms with Crippen molar-refractivity contribution in [1.29, 1.82) is 0 Å². The van der Waals surface area contributed by atoms with E-state index >= 15 is 0 Å². The van der Waals surface area contributed by atoms with E-state index in [2.05, 4.69) is 0 Å². The fraction of sp³-hybridized carbons (Fsp3) is 0.455. The zero-order valence-corrected chi connectivity index (χ0v) is 9.36. The van der Waals surface area contributed by atoms with Crippen LogP contribution in [0.3, 0.4) is 0 Å². The molecule has 1 aromatic carbocycles. The third kappa shape index (κ3) is 2.09. The highest BCUT2D eigenvalue weighted by Crippen LogP contribution is 2.31. The molecule has 0 spiro atoms. The smallest absolute Gasteiger partial charge is 0.203 e. The molecule has 17 heavy (non-hydrogen) atoms. The highest BCUT2D eigenvalue weighted by atomic mass is 19.2. The Morgan fingerprint density at radius 2 is 1.71 bits per heavy atom. The van der Waals surface area contributed by atoms with E-state index in [4.69, 9.17) is 4.74 Å². The normalized spacial score (nSPS) is 18.9. The van der Waals surface area contributed by atoms with E-state index in [1.54, 1.807) is 6.92 Å². The second-order valence-corrected chi connectivity index (χ2v) is 4.52. The van der Waals surface area contributed by atoms with Crippen LogP contribution in [0.5, 0.6) is 5.75 Å². The van der Waals surface area contributed by atoms with Crippen molar-refractivity contribution >= 4 is 0 Å². The minimum atomic E-state index is -1.85. The lowest BCUT2D eigenvalue weighted by molar-refractivity contribution is -0.0523. The average Bonchev–Trinajstić information content (AvgIpc) is 2.21. The second kappa shape index (κ2) is 3.87. The van der Waals surface area contributed by atoms with Crippen LogP contribution in [0.25, 0.3) is 0 Å². The predicted molar refractivity (Wildman–Crippen MR) is 52.8 cm³/mol. The fourth-order valence-corrected chi connectivity index (χ4v) is 2.05. The minimum absolute atomic E-state index is 0.507. The van der Waals surface area contributed by atoms with E-state index in [-0.39, 0.29) is 0 Å². The summed E-state index contributed by atoms with van der Waals surface area (Å²) in [5.41, 5.74) is -0.702. The van der Waals surface area contributed by atoms with Crippen LogP contribution < -0.4 is 4.74 Å². The molecule has 0 unspecified atom stereocenters. The number of hydrogen-bond acceptors (Lipinski definition) is 2. The Labute approximate surface area is 95.8 Å². The first-order chi connectivity index (χ1) is 7.82. The molecule has 94 valence electrons. The Morgan fingerprint density at radius 1 is 1.12 bits per heavy atom. The van der Waals surface area contributed by atoms with Crippen LogP contribution in [0.1, 0.15) is 6.92 Å². The topological polar surface area (TPSA) is 12.5 Å². The third-order valence-corrected chi connectivity index (χ3v) is 2.63. The van der Waals surface area contributed by atoms with Gasteiger partial charge >= 0.3 is 0 Å². The first-order valence-corrected chi connectivity index (χ1v) is 5.03. The molecule has 0 aromatic heterocycles. The molecule has 1 aromatic rings. The molecular formula is C11H11F4NO. The van der Waals surface area contributed by atoms with Crippen molar-refractivity contribution in [2.24, 2.45) is 0 Å². The van der Waals surface area contributed by atoms with Crippen molar-refractivity contribution in [3.8, 4) is 5.75 Å². The zero-order valence-electron chi connectivity index (χ0n) is 9.36. The average molecular weight is 249 g/mol. The quantitative estimate of drug-likeness (QED) is 0.453. The molecule has 6 heteroatoms. The molecule has 0 bridgehead atoms. The van der Waals surface area contributed by atoms with Gasteiger partial charge in [0, 0.05) is 19.2 Å². The molecule has 0 amide bonds. The van der Waals surface area contributed by atoms with E-state index < -0.39 is 34.6 Å². The summed E-state index contributed by atoms with van der Waals surface area (Å²) in [5, 5.41) is 0. The van der Waals surface area contributed by atoms with Crippen molar-refractivity contribution in [1.82, 2.24) is 4.90 Å². The van der Waals surface area contributed by atoms with Gasteiger partial charge in [0.2, 0.25) is 11.6 Å². The Morgan fingerprint density at radius 3 is 2.24 bits per heavy atom. The summed E-state index contributed by atoms with van der Waals surface area (Å²) < 4.78 is 57.1. The van der Waals surface area contributed by atoms with Crippen LogP contribution in [-0.2, 0) is 0 Å². The van der Waals surface area contributed by atoms with E-state index in [0.29, 0.717) is 19.2 Å². The number of ether oxygens (including phenoxy) is 1. The van der Waals surface area contributed by atoms with Gasteiger partial charge in [-0.05, 0) is 14.0 Å². The van der Waals surface area contributed by atoms with Gasteiger partial charge in [0.25, 0.3) is 0 Å². The molecule has 0 radical (unpaired) electrons. The Bertz CT molecular complexity index is 457. The van der Waals surface area contributed by atoms with Crippen molar-refractivity contribution in [2.75, 3.05) is 20.1 Å². The van der Waals surface area contributed by atoms with Crippen molar-refractivity contribution in [2.45, 2.75) is 12.5 Å². The molecule has 2 rings (SSSR count). The van der Waals surface area contributed by atoms with E-state index in [0.717, 1.165) is 0 Å². The lowest BCUT2D eigenvalue weighted by atomic mass is 9.97. The van der Waals surface area contributed by atoms with Gasteiger partial charge < -0.3 is 4.74 Å². The standard InChI is InChI=1S/C11H11F4NO/c1-11(4-16(2)5-11)17-7-3-6(12)8(13)10(15)9(7)14/h3H,4-5H2,1-2H3. The number of halogens is 4. The van der Waals surface area contributed by atoms with Gasteiger partial charge in [0.15, 0.2) is 17.4 Å². The number of likely N-dealkylation sites (tertiary alicyclic amines) is 1. The highest BCUT2D eigenvalue weighted by molar-refractivity contribution is 5.28. The number of benzene rings is 1. The maximum absolute atomic E-state index is 13.3. The molecular weight excluding hydrogens is 238 g/mol. The lowest BCUT2D eigenvalue weighted by Gasteiger charge is -2.45. The summed E-state index contributed by atoms with van der Waals surface area (Å²) >= 11 is 0. The molecule has 1 heterocycles. The number of hydrogen-bond donors (Lipinski definition) is 0. The minimum Gasteiger partial charge on any atom is -0.482 e. The van der Waals surface area contributed by atoms with Crippen LogP contribution in [0.2, 0.25) is 0 Å². The van der Waals surface area contributed by atoms with Crippen molar-refractivity contribution < 1.29 is 22.3 Å². The van der Waals surface area contributed by atoms with Gasteiger partial charge in [-0.15, -0.1) is 0 Å². The van der Waals surface area contributed by atoms with Crippen LogP contribution >= 0.6 is 0 Å².